The number of fused-ring (bicyclic) bond motifs is 3. The number of benzene rings is 3. The zero-order valence-electron chi connectivity index (χ0n) is 13.5. The molecule has 0 heterocycles. The van der Waals surface area contributed by atoms with Gasteiger partial charge in [0.15, 0.2) is 5.78 Å². The van der Waals surface area contributed by atoms with E-state index in [0.717, 1.165) is 11.1 Å². The number of azide groups is 1. The molecule has 6 nitrogen and oxygen atoms in total. The minimum atomic E-state index is -0.427. The van der Waals surface area contributed by atoms with Gasteiger partial charge in [-0.2, -0.15) is 0 Å². The molecule has 3 aromatic carbocycles. The van der Waals surface area contributed by atoms with E-state index in [1.165, 1.54) is 0 Å². The summed E-state index contributed by atoms with van der Waals surface area (Å²) in [5.41, 5.74) is 12.2. The van der Waals surface area contributed by atoms with Crippen LogP contribution < -0.4 is 5.32 Å². The van der Waals surface area contributed by atoms with Gasteiger partial charge in [-0.15, -0.1) is 0 Å². The van der Waals surface area contributed by atoms with Crippen LogP contribution >= 0.6 is 0 Å². The molecule has 0 saturated carbocycles. The summed E-state index contributed by atoms with van der Waals surface area (Å²) >= 11 is 0. The summed E-state index contributed by atoms with van der Waals surface area (Å²) in [6.07, 6.45) is 0. The third kappa shape index (κ3) is 2.42. The van der Waals surface area contributed by atoms with Crippen molar-refractivity contribution in [3.8, 4) is 11.1 Å². The molecule has 0 aliphatic heterocycles. The van der Waals surface area contributed by atoms with Gasteiger partial charge in [0.05, 0.1) is 16.9 Å². The normalized spacial score (nSPS) is 11.3. The fraction of sp³-hybridized carbons (Fsp3) is 0. The van der Waals surface area contributed by atoms with Gasteiger partial charge in [-0.1, -0.05) is 59.7 Å². The average molecular weight is 340 g/mol. The van der Waals surface area contributed by atoms with Crippen molar-refractivity contribution in [2.45, 2.75) is 0 Å². The van der Waals surface area contributed by atoms with Crippen LogP contribution in [0.2, 0.25) is 0 Å². The zero-order chi connectivity index (χ0) is 18.1. The van der Waals surface area contributed by atoms with Crippen LogP contribution in [0.1, 0.15) is 26.3 Å². The summed E-state index contributed by atoms with van der Waals surface area (Å²) in [5.74, 6) is -0.590. The smallest absolute Gasteiger partial charge is 0.256 e. The molecule has 0 fully saturated rings. The Hall–Kier alpha value is -3.89. The molecule has 0 spiro atoms. The highest BCUT2D eigenvalue weighted by Crippen LogP contribution is 2.38. The second-order valence-corrected chi connectivity index (χ2v) is 5.76. The molecule has 0 aromatic heterocycles. The molecular formula is C20H12N4O2. The molecule has 0 bridgehead atoms. The van der Waals surface area contributed by atoms with E-state index < -0.39 is 5.91 Å². The Morgan fingerprint density at radius 1 is 0.885 bits per heavy atom. The highest BCUT2D eigenvalue weighted by atomic mass is 16.2. The number of nitrogens with zero attached hydrogens (tertiary/aromatic N) is 3. The predicted molar refractivity (Wildman–Crippen MR) is 98.5 cm³/mol. The molecule has 1 amide bonds. The third-order valence-corrected chi connectivity index (χ3v) is 4.30. The SMILES string of the molecule is [N-]=[N+]=Nc1ccccc1NC(=O)c1cccc2c1C(=O)c1ccccc1-2. The number of ketones is 1. The lowest BCUT2D eigenvalue weighted by atomic mass is 10.00. The zero-order valence-corrected chi connectivity index (χ0v) is 13.5. The fourth-order valence-electron chi connectivity index (χ4n) is 3.17. The minimum Gasteiger partial charge on any atom is -0.322 e. The summed E-state index contributed by atoms with van der Waals surface area (Å²) in [6, 6.07) is 19.2. The monoisotopic (exact) mass is 340 g/mol. The number of amides is 1. The number of carbonyl (C=O) groups is 2. The Morgan fingerprint density at radius 2 is 1.58 bits per heavy atom. The minimum absolute atomic E-state index is 0.162. The Morgan fingerprint density at radius 3 is 2.38 bits per heavy atom. The topological polar surface area (TPSA) is 94.9 Å². The maximum absolute atomic E-state index is 12.8. The molecule has 1 N–H and O–H groups in total. The summed E-state index contributed by atoms with van der Waals surface area (Å²) in [7, 11) is 0. The van der Waals surface area contributed by atoms with Crippen LogP contribution in [0.3, 0.4) is 0 Å². The van der Waals surface area contributed by atoms with E-state index in [4.69, 9.17) is 5.53 Å². The van der Waals surface area contributed by atoms with Crippen LogP contribution in [-0.2, 0) is 0 Å². The van der Waals surface area contributed by atoms with Crippen molar-refractivity contribution in [1.82, 2.24) is 0 Å². The van der Waals surface area contributed by atoms with Gasteiger partial charge < -0.3 is 5.32 Å². The molecule has 0 atom stereocenters. The largest absolute Gasteiger partial charge is 0.322 e. The predicted octanol–water partition coefficient (Wildman–Crippen LogP) is 5.09. The lowest BCUT2D eigenvalue weighted by molar-refractivity contribution is 0.0999. The van der Waals surface area contributed by atoms with E-state index in [0.29, 0.717) is 28.1 Å². The van der Waals surface area contributed by atoms with Crippen LogP contribution in [0.15, 0.2) is 71.8 Å². The van der Waals surface area contributed by atoms with E-state index in [1.807, 2.05) is 18.2 Å². The van der Waals surface area contributed by atoms with E-state index in [2.05, 4.69) is 15.3 Å². The molecule has 3 aromatic rings. The van der Waals surface area contributed by atoms with E-state index in [9.17, 15) is 9.59 Å². The number of hydrogen-bond acceptors (Lipinski definition) is 3. The highest BCUT2D eigenvalue weighted by molar-refractivity contribution is 6.26. The van der Waals surface area contributed by atoms with Crippen LogP contribution in [-0.4, -0.2) is 11.7 Å². The maximum Gasteiger partial charge on any atom is 0.256 e. The standard InChI is InChI=1S/C20H12N4O2/c21-24-23-17-11-4-3-10-16(17)22-20(26)15-9-5-8-13-12-6-1-2-7-14(12)19(25)18(13)15/h1-11H,(H,22,26). The lowest BCUT2D eigenvalue weighted by Crippen LogP contribution is -2.16. The lowest BCUT2D eigenvalue weighted by Gasteiger charge is -2.10. The Balaban J connectivity index is 1.76. The molecule has 1 aliphatic rings. The first-order valence-electron chi connectivity index (χ1n) is 7.93. The van der Waals surface area contributed by atoms with Crippen molar-refractivity contribution in [2.24, 2.45) is 5.11 Å². The first-order chi connectivity index (χ1) is 12.7. The van der Waals surface area contributed by atoms with Crippen molar-refractivity contribution in [1.29, 1.82) is 0 Å². The Kier molecular flexibility index (Phi) is 3.73. The number of carbonyl (C=O) groups excluding carboxylic acids is 2. The summed E-state index contributed by atoms with van der Waals surface area (Å²) < 4.78 is 0. The number of anilines is 1. The van der Waals surface area contributed by atoms with Gasteiger partial charge in [-0.25, -0.2) is 0 Å². The number of para-hydroxylation sites is 1. The summed E-state index contributed by atoms with van der Waals surface area (Å²) in [4.78, 5) is 28.4. The quantitative estimate of drug-likeness (QED) is 0.319. The van der Waals surface area contributed by atoms with Crippen molar-refractivity contribution in [3.05, 3.63) is 93.9 Å². The molecule has 1 aliphatic carbocycles. The van der Waals surface area contributed by atoms with Crippen molar-refractivity contribution >= 4 is 23.1 Å². The molecule has 6 heteroatoms. The van der Waals surface area contributed by atoms with Gasteiger partial charge in [0.25, 0.3) is 5.91 Å². The highest BCUT2D eigenvalue weighted by Gasteiger charge is 2.30. The van der Waals surface area contributed by atoms with Gasteiger partial charge >= 0.3 is 0 Å². The van der Waals surface area contributed by atoms with Gasteiger partial charge in [-0.3, -0.25) is 9.59 Å². The van der Waals surface area contributed by atoms with Crippen LogP contribution in [0, 0.1) is 0 Å². The number of hydrogen-bond donors (Lipinski definition) is 1. The first kappa shape index (κ1) is 15.6. The van der Waals surface area contributed by atoms with E-state index in [1.54, 1.807) is 48.5 Å². The van der Waals surface area contributed by atoms with Gasteiger partial charge in [0, 0.05) is 16.0 Å². The van der Waals surface area contributed by atoms with E-state index in [-0.39, 0.29) is 5.78 Å². The maximum atomic E-state index is 12.8. The van der Waals surface area contributed by atoms with Crippen LogP contribution in [0.4, 0.5) is 11.4 Å². The number of rotatable bonds is 3. The first-order valence-corrected chi connectivity index (χ1v) is 7.93. The number of nitrogens with one attached hydrogen (secondary N) is 1. The third-order valence-electron chi connectivity index (χ3n) is 4.30. The summed E-state index contributed by atoms with van der Waals surface area (Å²) in [6.45, 7) is 0. The molecule has 0 saturated heterocycles. The van der Waals surface area contributed by atoms with Gasteiger partial charge in [0.1, 0.15) is 0 Å². The second kappa shape index (κ2) is 6.20. The van der Waals surface area contributed by atoms with E-state index >= 15 is 0 Å². The van der Waals surface area contributed by atoms with Crippen molar-refractivity contribution < 1.29 is 9.59 Å². The molecule has 0 unspecified atom stereocenters. The summed E-state index contributed by atoms with van der Waals surface area (Å²) in [5, 5.41) is 6.30. The molecule has 4 rings (SSSR count). The molecular weight excluding hydrogens is 328 g/mol. The van der Waals surface area contributed by atoms with Crippen molar-refractivity contribution in [2.75, 3.05) is 5.32 Å². The van der Waals surface area contributed by atoms with Crippen LogP contribution in [0.5, 0.6) is 0 Å². The molecule has 124 valence electrons. The fourth-order valence-corrected chi connectivity index (χ4v) is 3.17. The van der Waals surface area contributed by atoms with Gasteiger partial charge in [-0.05, 0) is 28.8 Å². The molecule has 0 radical (unpaired) electrons. The van der Waals surface area contributed by atoms with Crippen LogP contribution in [0.25, 0.3) is 21.6 Å². The molecule has 26 heavy (non-hydrogen) atoms. The Labute approximate surface area is 148 Å². The van der Waals surface area contributed by atoms with Gasteiger partial charge in [0.2, 0.25) is 0 Å². The Bertz CT molecular complexity index is 1110. The second-order valence-electron chi connectivity index (χ2n) is 5.76. The average Bonchev–Trinajstić information content (AvgIpc) is 2.97. The van der Waals surface area contributed by atoms with Crippen molar-refractivity contribution in [3.63, 3.8) is 0 Å².